The highest BCUT2D eigenvalue weighted by Crippen LogP contribution is 2.24. The minimum atomic E-state index is 0.0670. The summed E-state index contributed by atoms with van der Waals surface area (Å²) in [4.78, 5) is 23.4. The maximum atomic E-state index is 12.9. The average molecular weight is 307 g/mol. The predicted molar refractivity (Wildman–Crippen MR) is 87.6 cm³/mol. The molecule has 0 radical (unpaired) electrons. The van der Waals surface area contributed by atoms with Crippen LogP contribution in [-0.4, -0.2) is 51.5 Å². The molecule has 3 heterocycles. The van der Waals surface area contributed by atoms with Crippen LogP contribution in [0.2, 0.25) is 0 Å². The standard InChI is InChI=1S/C17H17N5O/c23-16(21-10-8-18-9-11-21)14-12-22(17-19-6-3-7-20-17)15-5-2-1-4-13(14)15/h1-7,12,18H,8-11H2. The van der Waals surface area contributed by atoms with Gasteiger partial charge in [0.2, 0.25) is 5.95 Å². The highest BCUT2D eigenvalue weighted by molar-refractivity contribution is 6.07. The first-order chi connectivity index (χ1) is 11.3. The molecule has 0 aliphatic carbocycles. The summed E-state index contributed by atoms with van der Waals surface area (Å²) in [5, 5.41) is 4.20. The summed E-state index contributed by atoms with van der Waals surface area (Å²) in [5.74, 6) is 0.639. The van der Waals surface area contributed by atoms with E-state index in [-0.39, 0.29) is 5.91 Å². The van der Waals surface area contributed by atoms with Crippen molar-refractivity contribution in [3.63, 3.8) is 0 Å². The molecule has 3 aromatic rings. The van der Waals surface area contributed by atoms with Crippen LogP contribution in [0.3, 0.4) is 0 Å². The zero-order chi connectivity index (χ0) is 15.6. The maximum Gasteiger partial charge on any atom is 0.256 e. The molecule has 1 saturated heterocycles. The Bertz CT molecular complexity index is 837. The van der Waals surface area contributed by atoms with Gasteiger partial charge in [-0.2, -0.15) is 0 Å². The minimum Gasteiger partial charge on any atom is -0.336 e. The van der Waals surface area contributed by atoms with Gasteiger partial charge in [0, 0.05) is 50.2 Å². The molecule has 4 rings (SSSR count). The highest BCUT2D eigenvalue weighted by atomic mass is 16.2. The van der Waals surface area contributed by atoms with E-state index in [0.29, 0.717) is 11.5 Å². The largest absolute Gasteiger partial charge is 0.336 e. The lowest BCUT2D eigenvalue weighted by atomic mass is 10.1. The van der Waals surface area contributed by atoms with Crippen LogP contribution in [0.15, 0.2) is 48.9 Å². The molecule has 2 aromatic heterocycles. The molecule has 1 amide bonds. The first-order valence-corrected chi connectivity index (χ1v) is 7.72. The molecule has 0 unspecified atom stereocenters. The molecule has 1 fully saturated rings. The summed E-state index contributed by atoms with van der Waals surface area (Å²) in [5.41, 5.74) is 1.65. The zero-order valence-corrected chi connectivity index (χ0v) is 12.6. The third-order valence-corrected chi connectivity index (χ3v) is 4.11. The van der Waals surface area contributed by atoms with Gasteiger partial charge in [-0.1, -0.05) is 18.2 Å². The molecule has 1 aliphatic heterocycles. The van der Waals surface area contributed by atoms with Crippen LogP contribution >= 0.6 is 0 Å². The van der Waals surface area contributed by atoms with Crippen LogP contribution < -0.4 is 5.32 Å². The van der Waals surface area contributed by atoms with Gasteiger partial charge < -0.3 is 10.2 Å². The second-order valence-corrected chi connectivity index (χ2v) is 5.52. The molecule has 0 saturated carbocycles. The van der Waals surface area contributed by atoms with E-state index in [1.807, 2.05) is 39.9 Å². The molecule has 23 heavy (non-hydrogen) atoms. The Kier molecular flexibility index (Phi) is 3.51. The number of benzene rings is 1. The molecule has 6 nitrogen and oxygen atoms in total. The van der Waals surface area contributed by atoms with E-state index in [2.05, 4.69) is 15.3 Å². The van der Waals surface area contributed by atoms with Gasteiger partial charge in [-0.3, -0.25) is 9.36 Å². The summed E-state index contributed by atoms with van der Waals surface area (Å²) >= 11 is 0. The fourth-order valence-electron chi connectivity index (χ4n) is 2.97. The summed E-state index contributed by atoms with van der Waals surface area (Å²) in [6.07, 6.45) is 5.26. The monoisotopic (exact) mass is 307 g/mol. The molecular weight excluding hydrogens is 290 g/mol. The minimum absolute atomic E-state index is 0.0670. The van der Waals surface area contributed by atoms with Crippen molar-refractivity contribution in [1.29, 1.82) is 0 Å². The van der Waals surface area contributed by atoms with Crippen molar-refractivity contribution >= 4 is 16.8 Å². The average Bonchev–Trinajstić information content (AvgIpc) is 3.02. The van der Waals surface area contributed by atoms with Gasteiger partial charge in [-0.05, 0) is 12.1 Å². The number of nitrogens with zero attached hydrogens (tertiary/aromatic N) is 4. The number of hydrogen-bond donors (Lipinski definition) is 1. The number of carbonyl (C=O) groups is 1. The van der Waals surface area contributed by atoms with E-state index in [1.54, 1.807) is 18.5 Å². The van der Waals surface area contributed by atoms with Crippen molar-refractivity contribution < 1.29 is 4.79 Å². The molecule has 6 heteroatoms. The number of aromatic nitrogens is 3. The van der Waals surface area contributed by atoms with Gasteiger partial charge in [-0.25, -0.2) is 9.97 Å². The Morgan fingerprint density at radius 1 is 1.04 bits per heavy atom. The summed E-state index contributed by atoms with van der Waals surface area (Å²) in [7, 11) is 0. The van der Waals surface area contributed by atoms with Gasteiger partial charge in [0.1, 0.15) is 0 Å². The normalized spacial score (nSPS) is 15.0. The Labute approximate surface area is 133 Å². The SMILES string of the molecule is O=C(c1cn(-c2ncccn2)c2ccccc12)N1CCNCC1. The lowest BCUT2D eigenvalue weighted by Gasteiger charge is -2.27. The smallest absolute Gasteiger partial charge is 0.256 e. The van der Waals surface area contributed by atoms with Crippen molar-refractivity contribution in [2.24, 2.45) is 0 Å². The number of rotatable bonds is 2. The van der Waals surface area contributed by atoms with Crippen LogP contribution in [-0.2, 0) is 0 Å². The summed E-state index contributed by atoms with van der Waals surface area (Å²) < 4.78 is 1.88. The third-order valence-electron chi connectivity index (χ3n) is 4.11. The second-order valence-electron chi connectivity index (χ2n) is 5.52. The Hall–Kier alpha value is -2.73. The molecule has 0 atom stereocenters. The Balaban J connectivity index is 1.83. The molecule has 0 spiro atoms. The van der Waals surface area contributed by atoms with Gasteiger partial charge in [-0.15, -0.1) is 0 Å². The van der Waals surface area contributed by atoms with Crippen molar-refractivity contribution in [2.45, 2.75) is 0 Å². The molecule has 1 aliphatic rings. The van der Waals surface area contributed by atoms with Crippen LogP contribution in [0.25, 0.3) is 16.9 Å². The van der Waals surface area contributed by atoms with Crippen LogP contribution in [0.4, 0.5) is 0 Å². The van der Waals surface area contributed by atoms with E-state index in [0.717, 1.165) is 37.1 Å². The quantitative estimate of drug-likeness (QED) is 0.779. The Morgan fingerprint density at radius 3 is 2.57 bits per heavy atom. The van der Waals surface area contributed by atoms with Crippen LogP contribution in [0.5, 0.6) is 0 Å². The van der Waals surface area contributed by atoms with Gasteiger partial charge in [0.25, 0.3) is 5.91 Å². The zero-order valence-electron chi connectivity index (χ0n) is 12.6. The second kappa shape index (κ2) is 5.81. The Morgan fingerprint density at radius 2 is 1.78 bits per heavy atom. The molecule has 0 bridgehead atoms. The summed E-state index contributed by atoms with van der Waals surface area (Å²) in [6.45, 7) is 3.15. The van der Waals surface area contributed by atoms with E-state index in [1.165, 1.54) is 0 Å². The number of carbonyl (C=O) groups excluding carboxylic acids is 1. The fourth-order valence-corrected chi connectivity index (χ4v) is 2.97. The van der Waals surface area contributed by atoms with Crippen LogP contribution in [0, 0.1) is 0 Å². The van der Waals surface area contributed by atoms with E-state index >= 15 is 0 Å². The molecule has 1 aromatic carbocycles. The number of para-hydroxylation sites is 1. The first kappa shape index (κ1) is 13.9. The van der Waals surface area contributed by atoms with E-state index in [4.69, 9.17) is 0 Å². The number of amides is 1. The van der Waals surface area contributed by atoms with E-state index < -0.39 is 0 Å². The van der Waals surface area contributed by atoms with Crippen molar-refractivity contribution in [1.82, 2.24) is 24.8 Å². The molecule has 1 N–H and O–H groups in total. The fraction of sp³-hybridized carbons (Fsp3) is 0.235. The number of piperazine rings is 1. The predicted octanol–water partition coefficient (Wildman–Crippen LogP) is 1.47. The molecule has 116 valence electrons. The number of fused-ring (bicyclic) bond motifs is 1. The number of nitrogens with one attached hydrogen (secondary N) is 1. The van der Waals surface area contributed by atoms with Crippen molar-refractivity contribution in [3.8, 4) is 5.95 Å². The van der Waals surface area contributed by atoms with Gasteiger partial charge in [0.15, 0.2) is 0 Å². The third kappa shape index (κ3) is 2.47. The highest BCUT2D eigenvalue weighted by Gasteiger charge is 2.22. The van der Waals surface area contributed by atoms with Crippen molar-refractivity contribution in [2.75, 3.05) is 26.2 Å². The first-order valence-electron chi connectivity index (χ1n) is 7.72. The summed E-state index contributed by atoms with van der Waals surface area (Å²) in [6, 6.07) is 9.65. The lowest BCUT2D eigenvalue weighted by Crippen LogP contribution is -2.46. The van der Waals surface area contributed by atoms with Crippen molar-refractivity contribution in [3.05, 3.63) is 54.5 Å². The maximum absolute atomic E-state index is 12.9. The van der Waals surface area contributed by atoms with E-state index in [9.17, 15) is 4.79 Å². The van der Waals surface area contributed by atoms with Crippen LogP contribution in [0.1, 0.15) is 10.4 Å². The van der Waals surface area contributed by atoms with Gasteiger partial charge in [0.05, 0.1) is 11.1 Å². The topological polar surface area (TPSA) is 63.1 Å². The van der Waals surface area contributed by atoms with Gasteiger partial charge >= 0.3 is 0 Å². The lowest BCUT2D eigenvalue weighted by molar-refractivity contribution is 0.0737. The molecular formula is C17H17N5O. The number of hydrogen-bond acceptors (Lipinski definition) is 4.